The Hall–Kier alpha value is -2.99. The summed E-state index contributed by atoms with van der Waals surface area (Å²) in [5, 5.41) is 18.9. The molecule has 0 bridgehead atoms. The average Bonchev–Trinajstić information content (AvgIpc) is 3.13. The molecule has 1 aromatic heterocycles. The monoisotopic (exact) mass is 355 g/mol. The first-order valence-corrected chi connectivity index (χ1v) is 7.99. The first-order valence-electron chi connectivity index (χ1n) is 7.61. The molecule has 0 saturated heterocycles. The van der Waals surface area contributed by atoms with Crippen molar-refractivity contribution >= 4 is 28.4 Å². The molecule has 0 unspecified atom stereocenters. The van der Waals surface area contributed by atoms with Crippen LogP contribution in [0.3, 0.4) is 0 Å². The molecule has 25 heavy (non-hydrogen) atoms. The van der Waals surface area contributed by atoms with Gasteiger partial charge in [0.15, 0.2) is 0 Å². The van der Waals surface area contributed by atoms with Crippen LogP contribution in [-0.2, 0) is 6.42 Å². The molecular formula is C18H14ClN3O3. The van der Waals surface area contributed by atoms with Gasteiger partial charge in [0, 0.05) is 17.7 Å². The second kappa shape index (κ2) is 7.27. The lowest BCUT2D eigenvalue weighted by Gasteiger charge is -1.98. The molecule has 6 nitrogen and oxygen atoms in total. The van der Waals surface area contributed by atoms with E-state index in [2.05, 4.69) is 17.1 Å². The maximum absolute atomic E-state index is 10.7. The van der Waals surface area contributed by atoms with Crippen LogP contribution >= 0.6 is 11.6 Å². The molecule has 0 atom stereocenters. The molecule has 0 aliphatic heterocycles. The summed E-state index contributed by atoms with van der Waals surface area (Å²) in [6.07, 6.45) is 2.72. The van der Waals surface area contributed by atoms with Gasteiger partial charge in [-0.2, -0.15) is 0 Å². The molecule has 0 amide bonds. The van der Waals surface area contributed by atoms with Gasteiger partial charge >= 0.3 is 0 Å². The van der Waals surface area contributed by atoms with Crippen molar-refractivity contribution in [3.8, 4) is 11.5 Å². The average molecular weight is 356 g/mol. The molecule has 2 aromatic carbocycles. The lowest BCUT2D eigenvalue weighted by atomic mass is 10.1. The minimum atomic E-state index is -0.466. The van der Waals surface area contributed by atoms with E-state index in [1.54, 1.807) is 18.2 Å². The fourth-order valence-corrected chi connectivity index (χ4v) is 2.42. The summed E-state index contributed by atoms with van der Waals surface area (Å²) in [5.41, 5.74) is 2.75. The highest BCUT2D eigenvalue weighted by Gasteiger charge is 2.13. The Morgan fingerprint density at radius 3 is 2.44 bits per heavy atom. The summed E-state index contributed by atoms with van der Waals surface area (Å²) in [5.74, 6) is 0.437. The van der Waals surface area contributed by atoms with Gasteiger partial charge in [0.05, 0.1) is 4.92 Å². The minimum absolute atomic E-state index is 0.00283. The van der Waals surface area contributed by atoms with E-state index < -0.39 is 4.92 Å². The van der Waals surface area contributed by atoms with Gasteiger partial charge in [-0.15, -0.1) is 10.2 Å². The molecule has 0 aliphatic carbocycles. The van der Waals surface area contributed by atoms with Crippen molar-refractivity contribution in [3.63, 3.8) is 0 Å². The molecule has 0 aliphatic rings. The van der Waals surface area contributed by atoms with Crippen LogP contribution < -0.4 is 0 Å². The van der Waals surface area contributed by atoms with Gasteiger partial charge in [-0.1, -0.05) is 42.8 Å². The number of aromatic nitrogens is 2. The molecule has 0 fully saturated rings. The zero-order valence-corrected chi connectivity index (χ0v) is 14.1. The summed E-state index contributed by atoms with van der Waals surface area (Å²) in [4.78, 5) is 10.2. The Labute approximate surface area is 148 Å². The number of aryl methyl sites for hydroxylation is 1. The van der Waals surface area contributed by atoms with Crippen molar-refractivity contribution in [2.24, 2.45) is 0 Å². The quantitative estimate of drug-likeness (QED) is 0.478. The zero-order chi connectivity index (χ0) is 17.8. The van der Waals surface area contributed by atoms with Gasteiger partial charge in [-0.05, 0) is 35.8 Å². The van der Waals surface area contributed by atoms with E-state index in [0.29, 0.717) is 10.6 Å². The van der Waals surface area contributed by atoms with E-state index in [4.69, 9.17) is 16.0 Å². The normalized spacial score (nSPS) is 11.5. The SMILES string of the molecule is CCc1ccc(/C=C(\Cl)c2nnc(-c3ccc([N+](=O)[O-])cc3)o2)cc1. The smallest absolute Gasteiger partial charge is 0.269 e. The summed E-state index contributed by atoms with van der Waals surface area (Å²) in [6.45, 7) is 2.09. The Balaban J connectivity index is 1.81. The number of non-ortho nitro benzene ring substituents is 1. The molecule has 3 aromatic rings. The third kappa shape index (κ3) is 3.92. The predicted molar refractivity (Wildman–Crippen MR) is 95.9 cm³/mol. The summed E-state index contributed by atoms with van der Waals surface area (Å²) in [7, 11) is 0. The van der Waals surface area contributed by atoms with Crippen LogP contribution in [0.4, 0.5) is 5.69 Å². The Kier molecular flexibility index (Phi) is 4.90. The first kappa shape index (κ1) is 16.9. The number of hydrogen-bond acceptors (Lipinski definition) is 5. The van der Waals surface area contributed by atoms with E-state index in [0.717, 1.165) is 12.0 Å². The van der Waals surface area contributed by atoms with E-state index in [1.165, 1.54) is 17.7 Å². The molecule has 3 rings (SSSR count). The molecule has 0 saturated carbocycles. The van der Waals surface area contributed by atoms with Gasteiger partial charge in [0.1, 0.15) is 5.03 Å². The summed E-state index contributed by atoms with van der Waals surface area (Å²) >= 11 is 6.26. The number of rotatable bonds is 5. The van der Waals surface area contributed by atoms with Crippen molar-refractivity contribution in [2.45, 2.75) is 13.3 Å². The maximum Gasteiger partial charge on any atom is 0.269 e. The summed E-state index contributed by atoms with van der Waals surface area (Å²) in [6, 6.07) is 13.9. The van der Waals surface area contributed by atoms with Crippen LogP contribution in [0.2, 0.25) is 0 Å². The highest BCUT2D eigenvalue weighted by atomic mass is 35.5. The van der Waals surface area contributed by atoms with Crippen molar-refractivity contribution in [3.05, 3.63) is 75.7 Å². The summed E-state index contributed by atoms with van der Waals surface area (Å²) < 4.78 is 5.56. The molecule has 126 valence electrons. The van der Waals surface area contributed by atoms with E-state index >= 15 is 0 Å². The number of benzene rings is 2. The largest absolute Gasteiger partial charge is 0.415 e. The number of nitro benzene ring substituents is 1. The molecule has 0 radical (unpaired) electrons. The third-order valence-corrected chi connectivity index (χ3v) is 3.91. The fraction of sp³-hybridized carbons (Fsp3) is 0.111. The van der Waals surface area contributed by atoms with Gasteiger partial charge in [0.2, 0.25) is 5.89 Å². The van der Waals surface area contributed by atoms with Crippen molar-refractivity contribution in [2.75, 3.05) is 0 Å². The highest BCUT2D eigenvalue weighted by molar-refractivity contribution is 6.50. The van der Waals surface area contributed by atoms with E-state index in [1.807, 2.05) is 24.3 Å². The maximum atomic E-state index is 10.7. The third-order valence-electron chi connectivity index (χ3n) is 3.64. The van der Waals surface area contributed by atoms with Crippen molar-refractivity contribution in [1.29, 1.82) is 0 Å². The van der Waals surface area contributed by atoms with Crippen LogP contribution in [0.1, 0.15) is 23.9 Å². The molecule has 1 heterocycles. The van der Waals surface area contributed by atoms with Gasteiger partial charge in [-0.25, -0.2) is 0 Å². The van der Waals surface area contributed by atoms with E-state index in [-0.39, 0.29) is 17.5 Å². The Bertz CT molecular complexity index is 915. The second-order valence-electron chi connectivity index (χ2n) is 5.30. The van der Waals surface area contributed by atoms with Gasteiger partial charge in [-0.3, -0.25) is 10.1 Å². The molecule has 7 heteroatoms. The fourth-order valence-electron chi connectivity index (χ4n) is 2.22. The van der Waals surface area contributed by atoms with E-state index in [9.17, 15) is 10.1 Å². The van der Waals surface area contributed by atoms with Crippen molar-refractivity contribution in [1.82, 2.24) is 10.2 Å². The van der Waals surface area contributed by atoms with Gasteiger partial charge < -0.3 is 4.42 Å². The number of hydrogen-bond donors (Lipinski definition) is 0. The highest BCUT2D eigenvalue weighted by Crippen LogP contribution is 2.26. The van der Waals surface area contributed by atoms with Gasteiger partial charge in [0.25, 0.3) is 11.6 Å². The molecule has 0 N–H and O–H groups in total. The zero-order valence-electron chi connectivity index (χ0n) is 13.3. The van der Waals surface area contributed by atoms with Crippen molar-refractivity contribution < 1.29 is 9.34 Å². The van der Waals surface area contributed by atoms with Crippen LogP contribution in [-0.4, -0.2) is 15.1 Å². The Morgan fingerprint density at radius 2 is 1.84 bits per heavy atom. The van der Waals surface area contributed by atoms with Crippen LogP contribution in [0.5, 0.6) is 0 Å². The lowest BCUT2D eigenvalue weighted by molar-refractivity contribution is -0.384. The lowest BCUT2D eigenvalue weighted by Crippen LogP contribution is -1.87. The topological polar surface area (TPSA) is 82.1 Å². The second-order valence-corrected chi connectivity index (χ2v) is 5.71. The number of nitro groups is 1. The minimum Gasteiger partial charge on any atom is -0.415 e. The van der Waals surface area contributed by atoms with Crippen LogP contribution in [0, 0.1) is 10.1 Å². The molecule has 0 spiro atoms. The number of halogens is 1. The number of nitrogens with zero attached hydrogens (tertiary/aromatic N) is 3. The standard InChI is InChI=1S/C18H14ClN3O3/c1-2-12-3-5-13(6-4-12)11-16(19)18-21-20-17(25-18)14-7-9-15(10-8-14)22(23)24/h3-11H,2H2,1H3/b16-11-. The Morgan fingerprint density at radius 1 is 1.16 bits per heavy atom. The predicted octanol–water partition coefficient (Wildman–Crippen LogP) is 4.94. The molecular weight excluding hydrogens is 342 g/mol. The van der Waals surface area contributed by atoms with Crippen LogP contribution in [0.25, 0.3) is 22.6 Å². The van der Waals surface area contributed by atoms with Crippen LogP contribution in [0.15, 0.2) is 52.9 Å². The first-order chi connectivity index (χ1) is 12.1.